The van der Waals surface area contributed by atoms with Crippen molar-refractivity contribution in [2.24, 2.45) is 0 Å². The number of aromatic carboxylic acids is 1. The molecule has 0 bridgehead atoms. The van der Waals surface area contributed by atoms with Crippen molar-refractivity contribution in [2.75, 3.05) is 17.2 Å². The number of anilines is 2. The van der Waals surface area contributed by atoms with Gasteiger partial charge in [0.25, 0.3) is 0 Å². The third-order valence-electron chi connectivity index (χ3n) is 2.73. The second-order valence-electron chi connectivity index (χ2n) is 4.30. The highest BCUT2D eigenvalue weighted by atomic mass is 16.4. The van der Waals surface area contributed by atoms with Crippen molar-refractivity contribution in [3.63, 3.8) is 0 Å². The molecule has 108 valence electrons. The fourth-order valence-corrected chi connectivity index (χ4v) is 1.75. The number of carboxylic acid groups (broad SMARTS) is 1. The molecule has 0 spiro atoms. The van der Waals surface area contributed by atoms with Gasteiger partial charge in [0, 0.05) is 5.69 Å². The first-order valence-corrected chi connectivity index (χ1v) is 6.21. The van der Waals surface area contributed by atoms with E-state index in [0.717, 1.165) is 11.8 Å². The van der Waals surface area contributed by atoms with Gasteiger partial charge in [0.2, 0.25) is 5.91 Å². The van der Waals surface area contributed by atoms with Crippen molar-refractivity contribution in [1.29, 1.82) is 0 Å². The average Bonchev–Trinajstić information content (AvgIpc) is 2.48. The van der Waals surface area contributed by atoms with Crippen LogP contribution in [0.1, 0.15) is 10.4 Å². The van der Waals surface area contributed by atoms with Crippen molar-refractivity contribution in [3.8, 4) is 5.75 Å². The highest BCUT2D eigenvalue weighted by Crippen LogP contribution is 2.21. The zero-order chi connectivity index (χ0) is 15.2. The van der Waals surface area contributed by atoms with Crippen molar-refractivity contribution < 1.29 is 19.8 Å². The molecule has 1 amide bonds. The number of carboxylic acids is 1. The summed E-state index contributed by atoms with van der Waals surface area (Å²) in [4.78, 5) is 22.9. The summed E-state index contributed by atoms with van der Waals surface area (Å²) in [5, 5.41) is 23.7. The number of phenolic OH excluding ortho intramolecular Hbond substituents is 1. The smallest absolute Gasteiger partial charge is 0.337 e. The highest BCUT2D eigenvalue weighted by molar-refractivity contribution is 6.01. The summed E-state index contributed by atoms with van der Waals surface area (Å²) in [7, 11) is 0. The van der Waals surface area contributed by atoms with Crippen LogP contribution in [0.25, 0.3) is 0 Å². The molecule has 0 atom stereocenters. The van der Waals surface area contributed by atoms with E-state index in [1.54, 1.807) is 0 Å². The molecule has 0 aromatic heterocycles. The predicted molar refractivity (Wildman–Crippen MR) is 78.6 cm³/mol. The molecular formula is C15H14N2O4. The Hall–Kier alpha value is -3.02. The zero-order valence-electron chi connectivity index (χ0n) is 11.0. The molecule has 0 heterocycles. The topological polar surface area (TPSA) is 98.7 Å². The summed E-state index contributed by atoms with van der Waals surface area (Å²) in [5.74, 6) is -1.78. The molecule has 21 heavy (non-hydrogen) atoms. The number of carbonyl (C=O) groups excluding carboxylic acids is 1. The Kier molecular flexibility index (Phi) is 4.40. The van der Waals surface area contributed by atoms with E-state index in [9.17, 15) is 14.7 Å². The lowest BCUT2D eigenvalue weighted by atomic mass is 10.1. The van der Waals surface area contributed by atoms with Crippen LogP contribution in [-0.2, 0) is 4.79 Å². The molecule has 6 nitrogen and oxygen atoms in total. The molecule has 2 aromatic rings. The minimum atomic E-state index is -1.22. The average molecular weight is 286 g/mol. The molecule has 6 heteroatoms. The summed E-state index contributed by atoms with van der Waals surface area (Å²) in [6, 6.07) is 12.9. The summed E-state index contributed by atoms with van der Waals surface area (Å²) in [6.45, 7) is 0.00392. The second kappa shape index (κ2) is 6.42. The normalized spacial score (nSPS) is 9.90. The van der Waals surface area contributed by atoms with Gasteiger partial charge < -0.3 is 20.8 Å². The third kappa shape index (κ3) is 3.97. The van der Waals surface area contributed by atoms with E-state index < -0.39 is 5.97 Å². The van der Waals surface area contributed by atoms with Gasteiger partial charge in [-0.3, -0.25) is 4.79 Å². The van der Waals surface area contributed by atoms with Crippen molar-refractivity contribution in [2.45, 2.75) is 0 Å². The molecule has 4 N–H and O–H groups in total. The molecule has 0 aliphatic rings. The van der Waals surface area contributed by atoms with Crippen LogP contribution in [0.5, 0.6) is 5.75 Å². The molecule has 0 aliphatic carbocycles. The fraction of sp³-hybridized carbons (Fsp3) is 0.0667. The van der Waals surface area contributed by atoms with Gasteiger partial charge in [0.15, 0.2) is 0 Å². The van der Waals surface area contributed by atoms with Crippen LogP contribution in [0.4, 0.5) is 11.4 Å². The number of phenols is 1. The predicted octanol–water partition coefficient (Wildman–Crippen LogP) is 2.14. The number of carbonyl (C=O) groups is 2. The summed E-state index contributed by atoms with van der Waals surface area (Å²) in [6.07, 6.45) is 0. The first-order chi connectivity index (χ1) is 10.1. The lowest BCUT2D eigenvalue weighted by molar-refractivity contribution is -0.114. The van der Waals surface area contributed by atoms with Crippen LogP contribution in [0.2, 0.25) is 0 Å². The Morgan fingerprint density at radius 3 is 2.43 bits per heavy atom. The monoisotopic (exact) mass is 286 g/mol. The van der Waals surface area contributed by atoms with Crippen LogP contribution in [0.15, 0.2) is 48.5 Å². The van der Waals surface area contributed by atoms with Gasteiger partial charge in [-0.05, 0) is 30.3 Å². The van der Waals surface area contributed by atoms with Crippen molar-refractivity contribution >= 4 is 23.3 Å². The Bertz CT molecular complexity index is 656. The number of rotatable bonds is 5. The van der Waals surface area contributed by atoms with Crippen LogP contribution >= 0.6 is 0 Å². The Morgan fingerprint density at radius 1 is 1.05 bits per heavy atom. The maximum atomic E-state index is 11.8. The van der Waals surface area contributed by atoms with Crippen LogP contribution in [0, 0.1) is 0 Å². The summed E-state index contributed by atoms with van der Waals surface area (Å²) >= 11 is 0. The number of benzene rings is 2. The van der Waals surface area contributed by atoms with Gasteiger partial charge >= 0.3 is 5.97 Å². The van der Waals surface area contributed by atoms with Crippen LogP contribution < -0.4 is 10.6 Å². The summed E-state index contributed by atoms with van der Waals surface area (Å²) < 4.78 is 0. The molecule has 0 fully saturated rings. The highest BCUT2D eigenvalue weighted by Gasteiger charge is 2.13. The molecule has 0 saturated heterocycles. The van der Waals surface area contributed by atoms with Gasteiger partial charge in [0.05, 0.1) is 17.8 Å². The van der Waals surface area contributed by atoms with E-state index in [-0.39, 0.29) is 29.5 Å². The van der Waals surface area contributed by atoms with E-state index >= 15 is 0 Å². The van der Waals surface area contributed by atoms with Gasteiger partial charge in [-0.15, -0.1) is 0 Å². The Balaban J connectivity index is 2.01. The van der Waals surface area contributed by atoms with E-state index in [0.29, 0.717) is 0 Å². The van der Waals surface area contributed by atoms with Crippen LogP contribution in [0.3, 0.4) is 0 Å². The van der Waals surface area contributed by atoms with Crippen molar-refractivity contribution in [3.05, 3.63) is 54.1 Å². The lowest BCUT2D eigenvalue weighted by Gasteiger charge is -2.10. The minimum Gasteiger partial charge on any atom is -0.508 e. The van der Waals surface area contributed by atoms with E-state index in [1.807, 2.05) is 30.3 Å². The second-order valence-corrected chi connectivity index (χ2v) is 4.30. The summed E-state index contributed by atoms with van der Waals surface area (Å²) in [5.41, 5.74) is 0.764. The molecule has 0 aliphatic heterocycles. The van der Waals surface area contributed by atoms with Gasteiger partial charge in [-0.25, -0.2) is 4.79 Å². The first kappa shape index (κ1) is 14.4. The third-order valence-corrected chi connectivity index (χ3v) is 2.73. The number of aromatic hydroxyl groups is 1. The Labute approximate surface area is 121 Å². The van der Waals surface area contributed by atoms with E-state index in [4.69, 9.17) is 5.11 Å². The number of hydrogen-bond donors (Lipinski definition) is 4. The maximum absolute atomic E-state index is 11.8. The van der Waals surface area contributed by atoms with Gasteiger partial charge in [0.1, 0.15) is 5.75 Å². The van der Waals surface area contributed by atoms with Crippen LogP contribution in [-0.4, -0.2) is 28.6 Å². The molecule has 0 saturated carbocycles. The molecular weight excluding hydrogens is 272 g/mol. The fourth-order valence-electron chi connectivity index (χ4n) is 1.75. The largest absolute Gasteiger partial charge is 0.508 e. The zero-order valence-corrected chi connectivity index (χ0v) is 11.0. The number of para-hydroxylation sites is 1. The molecule has 0 unspecified atom stereocenters. The quantitative estimate of drug-likeness (QED) is 0.631. The van der Waals surface area contributed by atoms with E-state index in [1.165, 1.54) is 12.1 Å². The van der Waals surface area contributed by atoms with Gasteiger partial charge in [-0.2, -0.15) is 0 Å². The SMILES string of the molecule is O=C(CNc1ccccc1)Nc1ccc(O)cc1C(=O)O. The molecule has 2 aromatic carbocycles. The van der Waals surface area contributed by atoms with Gasteiger partial charge in [-0.1, -0.05) is 18.2 Å². The first-order valence-electron chi connectivity index (χ1n) is 6.21. The number of amides is 1. The lowest BCUT2D eigenvalue weighted by Crippen LogP contribution is -2.22. The number of hydrogen-bond acceptors (Lipinski definition) is 4. The van der Waals surface area contributed by atoms with E-state index in [2.05, 4.69) is 10.6 Å². The maximum Gasteiger partial charge on any atom is 0.337 e. The molecule has 0 radical (unpaired) electrons. The molecule has 2 rings (SSSR count). The standard InChI is InChI=1S/C15H14N2O4/c18-11-6-7-13(12(8-11)15(20)21)17-14(19)9-16-10-4-2-1-3-5-10/h1-8,16,18H,9H2,(H,17,19)(H,20,21). The van der Waals surface area contributed by atoms with Crippen molar-refractivity contribution in [1.82, 2.24) is 0 Å². The Morgan fingerprint density at radius 2 is 1.76 bits per heavy atom. The number of nitrogens with one attached hydrogen (secondary N) is 2. The minimum absolute atomic E-state index is 0.00392.